The van der Waals surface area contributed by atoms with Crippen molar-refractivity contribution in [2.45, 2.75) is 40.2 Å². The maximum absolute atomic E-state index is 5.86. The number of aromatic nitrogens is 4. The van der Waals surface area contributed by atoms with Crippen molar-refractivity contribution in [3.05, 3.63) is 43.9 Å². The first-order chi connectivity index (χ1) is 11.3. The van der Waals surface area contributed by atoms with Crippen LogP contribution in [0.5, 0.6) is 0 Å². The van der Waals surface area contributed by atoms with E-state index in [1.54, 1.807) is 0 Å². The lowest BCUT2D eigenvalue weighted by Crippen LogP contribution is -2.06. The van der Waals surface area contributed by atoms with Crippen LogP contribution in [0.1, 0.15) is 42.1 Å². The minimum atomic E-state index is 0.263. The van der Waals surface area contributed by atoms with E-state index in [2.05, 4.69) is 78.3 Å². The molecule has 7 heteroatoms. The van der Waals surface area contributed by atoms with Gasteiger partial charge in [-0.15, -0.1) is 0 Å². The number of rotatable bonds is 3. The molecule has 3 aromatic rings. The Morgan fingerprint density at radius 3 is 2.58 bits per heavy atom. The number of nitrogens with zero attached hydrogens (tertiary/aromatic N) is 4. The lowest BCUT2D eigenvalue weighted by atomic mass is 10.1. The molecule has 5 nitrogen and oxygen atoms in total. The van der Waals surface area contributed by atoms with Crippen molar-refractivity contribution in [2.75, 3.05) is 5.73 Å². The molecule has 24 heavy (non-hydrogen) atoms. The fourth-order valence-corrected chi connectivity index (χ4v) is 3.74. The van der Waals surface area contributed by atoms with Gasteiger partial charge in [-0.2, -0.15) is 4.98 Å². The molecule has 0 saturated carbocycles. The zero-order chi connectivity index (χ0) is 17.6. The van der Waals surface area contributed by atoms with Gasteiger partial charge in [0.1, 0.15) is 10.3 Å². The molecule has 0 fully saturated rings. The smallest absolute Gasteiger partial charge is 0.223 e. The number of pyridine rings is 1. The molecule has 0 atom stereocenters. The molecule has 2 N–H and O–H groups in total. The van der Waals surface area contributed by atoms with Gasteiger partial charge in [0.15, 0.2) is 0 Å². The molecule has 3 rings (SSSR count). The van der Waals surface area contributed by atoms with E-state index in [0.717, 1.165) is 36.9 Å². The van der Waals surface area contributed by atoms with Crippen LogP contribution in [0.3, 0.4) is 0 Å². The molecule has 0 radical (unpaired) electrons. The summed E-state index contributed by atoms with van der Waals surface area (Å²) in [6.07, 6.45) is 4.02. The van der Waals surface area contributed by atoms with Crippen LogP contribution in [-0.2, 0) is 6.54 Å². The Balaban J connectivity index is 2.19. The first-order valence-electron chi connectivity index (χ1n) is 7.72. The fraction of sp³-hybridized carbons (Fsp3) is 0.353. The predicted octanol–water partition coefficient (Wildman–Crippen LogP) is 4.72. The van der Waals surface area contributed by atoms with Crippen LogP contribution >= 0.6 is 31.9 Å². The highest BCUT2D eigenvalue weighted by atomic mass is 79.9. The normalized spacial score (nSPS) is 11.6. The summed E-state index contributed by atoms with van der Waals surface area (Å²) in [5.74, 6) is 0.620. The molecule has 0 unspecified atom stereocenters. The highest BCUT2D eigenvalue weighted by molar-refractivity contribution is 9.10. The molecular formula is C17H19Br2N5. The number of aryl methyl sites for hydroxylation is 1. The molecular weight excluding hydrogens is 434 g/mol. The molecule has 3 heterocycles. The third-order valence-electron chi connectivity index (χ3n) is 4.18. The van der Waals surface area contributed by atoms with Gasteiger partial charge in [0.25, 0.3) is 0 Å². The molecule has 0 aliphatic heterocycles. The maximum Gasteiger partial charge on any atom is 0.223 e. The van der Waals surface area contributed by atoms with Crippen molar-refractivity contribution < 1.29 is 0 Å². The van der Waals surface area contributed by atoms with Crippen LogP contribution in [0.15, 0.2) is 21.5 Å². The molecule has 3 aromatic heterocycles. The molecule has 0 aromatic carbocycles. The van der Waals surface area contributed by atoms with Gasteiger partial charge in [-0.1, -0.05) is 29.8 Å². The van der Waals surface area contributed by atoms with E-state index in [9.17, 15) is 0 Å². The van der Waals surface area contributed by atoms with E-state index < -0.39 is 0 Å². The summed E-state index contributed by atoms with van der Waals surface area (Å²) in [6.45, 7) is 9.08. The average Bonchev–Trinajstić information content (AvgIpc) is 2.87. The summed E-state index contributed by atoms with van der Waals surface area (Å²) in [7, 11) is 0. The molecule has 0 bridgehead atoms. The monoisotopic (exact) mass is 451 g/mol. The molecule has 0 saturated heterocycles. The van der Waals surface area contributed by atoms with Gasteiger partial charge in [-0.3, -0.25) is 4.98 Å². The molecule has 0 aliphatic carbocycles. The summed E-state index contributed by atoms with van der Waals surface area (Å²) in [4.78, 5) is 13.3. The van der Waals surface area contributed by atoms with Crippen LogP contribution in [-0.4, -0.2) is 19.5 Å². The van der Waals surface area contributed by atoms with E-state index in [-0.39, 0.29) is 5.95 Å². The lowest BCUT2D eigenvalue weighted by molar-refractivity contribution is 0.774. The Hall–Kier alpha value is -1.47. The van der Waals surface area contributed by atoms with Crippen LogP contribution in [0.2, 0.25) is 0 Å². The second kappa shape index (κ2) is 6.44. The Morgan fingerprint density at radius 1 is 1.21 bits per heavy atom. The predicted molar refractivity (Wildman–Crippen MR) is 104 cm³/mol. The second-order valence-corrected chi connectivity index (χ2v) is 7.81. The minimum absolute atomic E-state index is 0.263. The highest BCUT2D eigenvalue weighted by Crippen LogP contribution is 2.32. The van der Waals surface area contributed by atoms with Crippen molar-refractivity contribution in [3.8, 4) is 0 Å². The first kappa shape index (κ1) is 17.4. The van der Waals surface area contributed by atoms with Crippen LogP contribution in [0.25, 0.3) is 11.0 Å². The summed E-state index contributed by atoms with van der Waals surface area (Å²) in [5, 5.41) is 1.02. The second-order valence-electron chi connectivity index (χ2n) is 6.27. The van der Waals surface area contributed by atoms with Gasteiger partial charge < -0.3 is 10.3 Å². The number of anilines is 1. The molecule has 0 spiro atoms. The number of nitrogens with two attached hydrogens (primary N) is 1. The van der Waals surface area contributed by atoms with Crippen LogP contribution in [0, 0.1) is 13.8 Å². The number of halogens is 2. The molecule has 0 aliphatic rings. The van der Waals surface area contributed by atoms with Crippen molar-refractivity contribution in [3.63, 3.8) is 0 Å². The number of nitrogen functional groups attached to an aromatic ring is 1. The largest absolute Gasteiger partial charge is 0.368 e. The quantitative estimate of drug-likeness (QED) is 0.583. The fourth-order valence-electron chi connectivity index (χ4n) is 2.82. The number of hydrogen-bond donors (Lipinski definition) is 1. The summed E-state index contributed by atoms with van der Waals surface area (Å²) in [6, 6.07) is 0. The zero-order valence-corrected chi connectivity index (χ0v) is 17.2. The topological polar surface area (TPSA) is 69.6 Å². The van der Waals surface area contributed by atoms with E-state index in [4.69, 9.17) is 5.73 Å². The third kappa shape index (κ3) is 2.95. The van der Waals surface area contributed by atoms with Gasteiger partial charge >= 0.3 is 0 Å². The lowest BCUT2D eigenvalue weighted by Gasteiger charge is -2.10. The van der Waals surface area contributed by atoms with Crippen LogP contribution < -0.4 is 5.73 Å². The first-order valence-corrected chi connectivity index (χ1v) is 9.30. The molecule has 0 amide bonds. The molecule has 126 valence electrons. The number of fused-ring (bicyclic) bond motifs is 1. The third-order valence-corrected chi connectivity index (χ3v) is 5.98. The van der Waals surface area contributed by atoms with Crippen molar-refractivity contribution in [1.29, 1.82) is 0 Å². The standard InChI is InChI=1S/C17H19Br2N5/c1-8(2)11-6-24(16-13(11)15(19)22-17(20)23-16)7-12-10(4)14(18)9(3)5-21-12/h5-6,8H,7H2,1-4H3,(H2,20,22,23). The van der Waals surface area contributed by atoms with E-state index >= 15 is 0 Å². The summed E-state index contributed by atoms with van der Waals surface area (Å²) >= 11 is 7.18. The van der Waals surface area contributed by atoms with Crippen molar-refractivity contribution >= 4 is 48.8 Å². The van der Waals surface area contributed by atoms with Crippen LogP contribution in [0.4, 0.5) is 5.95 Å². The van der Waals surface area contributed by atoms with Gasteiger partial charge in [0, 0.05) is 16.9 Å². The Morgan fingerprint density at radius 2 is 1.92 bits per heavy atom. The van der Waals surface area contributed by atoms with E-state index in [0.29, 0.717) is 12.5 Å². The van der Waals surface area contributed by atoms with Gasteiger partial charge in [0.05, 0.1) is 17.6 Å². The Labute approximate surface area is 158 Å². The minimum Gasteiger partial charge on any atom is -0.368 e. The number of hydrogen-bond acceptors (Lipinski definition) is 4. The Bertz CT molecular complexity index is 931. The van der Waals surface area contributed by atoms with Crippen molar-refractivity contribution in [1.82, 2.24) is 19.5 Å². The SMILES string of the molecule is Cc1cnc(Cn2cc(C(C)C)c3c(Br)nc(N)nc32)c(C)c1Br. The maximum atomic E-state index is 5.86. The summed E-state index contributed by atoms with van der Waals surface area (Å²) < 4.78 is 3.94. The Kier molecular flexibility index (Phi) is 4.66. The van der Waals surface area contributed by atoms with E-state index in [1.165, 1.54) is 5.56 Å². The highest BCUT2D eigenvalue weighted by Gasteiger charge is 2.18. The van der Waals surface area contributed by atoms with Gasteiger partial charge in [-0.25, -0.2) is 4.98 Å². The average molecular weight is 453 g/mol. The van der Waals surface area contributed by atoms with Gasteiger partial charge in [0.2, 0.25) is 5.95 Å². The zero-order valence-electron chi connectivity index (χ0n) is 14.1. The van der Waals surface area contributed by atoms with Gasteiger partial charge in [-0.05, 0) is 52.4 Å². The van der Waals surface area contributed by atoms with E-state index in [1.807, 2.05) is 13.1 Å². The summed E-state index contributed by atoms with van der Waals surface area (Å²) in [5.41, 5.74) is 11.2. The van der Waals surface area contributed by atoms with Crippen molar-refractivity contribution in [2.24, 2.45) is 0 Å².